The summed E-state index contributed by atoms with van der Waals surface area (Å²) in [4.78, 5) is 38.4. The molecule has 0 radical (unpaired) electrons. The van der Waals surface area contributed by atoms with Gasteiger partial charge in [0.05, 0.1) is 46.7 Å². The zero-order chi connectivity index (χ0) is 36.2. The molecule has 0 fully saturated rings. The highest BCUT2D eigenvalue weighted by atomic mass is 35.5. The van der Waals surface area contributed by atoms with Crippen molar-refractivity contribution in [2.75, 3.05) is 52.8 Å². The van der Waals surface area contributed by atoms with E-state index < -0.39 is 0 Å². The van der Waals surface area contributed by atoms with Gasteiger partial charge in [0.15, 0.2) is 0 Å². The molecule has 51 heavy (non-hydrogen) atoms. The number of carbonyl (C=O) groups excluding carboxylic acids is 1. The minimum Gasteiger partial charge on any atom is -0.481 e. The second-order valence-electron chi connectivity index (χ2n) is 12.4. The number of hydrogen-bond acceptors (Lipinski definition) is 9. The number of anilines is 2. The van der Waals surface area contributed by atoms with Crippen LogP contribution in [0.25, 0.3) is 33.2 Å². The SMILES string of the molecule is CNC(=O)N(CCO)CCCN(C)C1CCc2cc(-c3cccc(-c4cccc(Nc5nccc6cnn(C)c(=O)c56)c4Cl)c3Cl)nc(OC)c21. The van der Waals surface area contributed by atoms with Crippen molar-refractivity contribution in [3.63, 3.8) is 0 Å². The molecule has 2 amide bonds. The first-order valence-corrected chi connectivity index (χ1v) is 17.4. The Morgan fingerprint density at radius 2 is 1.82 bits per heavy atom. The summed E-state index contributed by atoms with van der Waals surface area (Å²) in [5, 5.41) is 21.3. The molecular formula is C37H40Cl2N8O4. The van der Waals surface area contributed by atoms with Crippen LogP contribution in [0.4, 0.5) is 16.3 Å². The molecule has 12 nitrogen and oxygen atoms in total. The topological polar surface area (TPSA) is 138 Å². The van der Waals surface area contributed by atoms with E-state index in [2.05, 4.69) is 38.7 Å². The summed E-state index contributed by atoms with van der Waals surface area (Å²) < 4.78 is 7.15. The van der Waals surface area contributed by atoms with Crippen LogP contribution in [0.15, 0.2) is 65.7 Å². The standard InChI is InChI=1S/C37H40Cl2N8O4/c1-40-37(50)47(18-19-48)17-7-16-45(2)29-13-12-22-20-28(44-35(51-4)30(22)29)26-10-5-8-24(32(26)38)25-9-6-11-27(33(25)39)43-34-31-23(14-15-41-34)21-42-46(3)36(31)49/h5-6,8-11,14-15,20-21,29,48H,7,12-13,16-19H2,1-4H3,(H,40,50)(H,41,43). The summed E-state index contributed by atoms with van der Waals surface area (Å²) in [7, 11) is 6.89. The van der Waals surface area contributed by atoms with Gasteiger partial charge in [-0.1, -0.05) is 53.5 Å². The van der Waals surface area contributed by atoms with Gasteiger partial charge in [-0.2, -0.15) is 5.10 Å². The van der Waals surface area contributed by atoms with Crippen LogP contribution in [0, 0.1) is 0 Å². The second-order valence-corrected chi connectivity index (χ2v) is 13.2. The molecule has 1 aliphatic rings. The monoisotopic (exact) mass is 730 g/mol. The number of aromatic nitrogens is 4. The van der Waals surface area contributed by atoms with Crippen LogP contribution in [0.5, 0.6) is 5.88 Å². The van der Waals surface area contributed by atoms with Gasteiger partial charge in [-0.15, -0.1) is 0 Å². The summed E-state index contributed by atoms with van der Waals surface area (Å²) in [6.45, 7) is 1.49. The Kier molecular flexibility index (Phi) is 11.1. The normalized spacial score (nSPS) is 13.8. The maximum Gasteiger partial charge on any atom is 0.317 e. The molecular weight excluding hydrogens is 691 g/mol. The van der Waals surface area contributed by atoms with E-state index in [0.717, 1.165) is 48.1 Å². The highest BCUT2D eigenvalue weighted by Crippen LogP contribution is 2.45. The minimum absolute atomic E-state index is 0.0841. The molecule has 0 aliphatic heterocycles. The lowest BCUT2D eigenvalue weighted by molar-refractivity contribution is 0.170. The molecule has 3 N–H and O–H groups in total. The summed E-state index contributed by atoms with van der Waals surface area (Å²) in [5.74, 6) is 0.930. The molecule has 1 unspecified atom stereocenters. The Morgan fingerprint density at radius 3 is 2.57 bits per heavy atom. The first kappa shape index (κ1) is 36.1. The molecule has 3 heterocycles. The van der Waals surface area contributed by atoms with Gasteiger partial charge in [0.1, 0.15) is 5.82 Å². The van der Waals surface area contributed by atoms with Crippen molar-refractivity contribution >= 4 is 51.5 Å². The number of methoxy groups -OCH3 is 1. The number of halogens is 2. The fourth-order valence-corrected chi connectivity index (χ4v) is 7.35. The predicted molar refractivity (Wildman–Crippen MR) is 201 cm³/mol. The number of rotatable bonds is 12. The minimum atomic E-state index is -0.273. The van der Waals surface area contributed by atoms with E-state index >= 15 is 0 Å². The molecule has 5 aromatic rings. The third-order valence-corrected chi connectivity index (χ3v) is 10.2. The number of carbonyl (C=O) groups is 1. The van der Waals surface area contributed by atoms with Crippen LogP contribution in [-0.2, 0) is 13.5 Å². The van der Waals surface area contributed by atoms with E-state index in [1.807, 2.05) is 36.4 Å². The van der Waals surface area contributed by atoms with E-state index in [0.29, 0.717) is 56.0 Å². The molecule has 6 rings (SSSR count). The molecule has 1 aliphatic carbocycles. The number of benzene rings is 2. The molecule has 1 atom stereocenters. The molecule has 266 valence electrons. The number of pyridine rings is 2. The number of aliphatic hydroxyl groups is 1. The number of hydrogen-bond donors (Lipinski definition) is 3. The Labute approximate surface area is 306 Å². The molecule has 0 bridgehead atoms. The van der Waals surface area contributed by atoms with Crippen molar-refractivity contribution in [1.82, 2.24) is 34.9 Å². The van der Waals surface area contributed by atoms with Crippen LogP contribution in [0.3, 0.4) is 0 Å². The molecule has 2 aromatic carbocycles. The Balaban J connectivity index is 1.27. The molecule has 14 heteroatoms. The number of aliphatic hydroxyl groups excluding tert-OH is 1. The smallest absolute Gasteiger partial charge is 0.317 e. The highest BCUT2D eigenvalue weighted by Gasteiger charge is 2.31. The van der Waals surface area contributed by atoms with Crippen molar-refractivity contribution in [2.45, 2.75) is 25.3 Å². The van der Waals surface area contributed by atoms with Crippen LogP contribution in [-0.4, -0.2) is 88.1 Å². The largest absolute Gasteiger partial charge is 0.481 e. The summed E-state index contributed by atoms with van der Waals surface area (Å²) in [5.41, 5.74) is 5.36. The molecule has 0 saturated carbocycles. The zero-order valence-corrected chi connectivity index (χ0v) is 30.4. The van der Waals surface area contributed by atoms with E-state index in [4.69, 9.17) is 32.9 Å². The lowest BCUT2D eigenvalue weighted by Gasteiger charge is -2.28. The quantitative estimate of drug-likeness (QED) is 0.140. The van der Waals surface area contributed by atoms with Gasteiger partial charge in [0.25, 0.3) is 5.56 Å². The van der Waals surface area contributed by atoms with Crippen LogP contribution < -0.4 is 20.9 Å². The summed E-state index contributed by atoms with van der Waals surface area (Å²) in [6.07, 6.45) is 5.74. The number of fused-ring (bicyclic) bond motifs is 2. The third kappa shape index (κ3) is 7.22. The van der Waals surface area contributed by atoms with E-state index in [1.165, 1.54) is 4.68 Å². The molecule has 0 spiro atoms. The fourth-order valence-electron chi connectivity index (χ4n) is 6.75. The van der Waals surface area contributed by atoms with Gasteiger partial charge < -0.3 is 25.4 Å². The first-order valence-electron chi connectivity index (χ1n) is 16.7. The van der Waals surface area contributed by atoms with Crippen molar-refractivity contribution in [3.8, 4) is 28.3 Å². The van der Waals surface area contributed by atoms with Gasteiger partial charge in [0, 0.05) is 73.6 Å². The van der Waals surface area contributed by atoms with E-state index in [-0.39, 0.29) is 30.8 Å². The van der Waals surface area contributed by atoms with Crippen LogP contribution >= 0.6 is 23.2 Å². The second kappa shape index (κ2) is 15.6. The molecule has 0 saturated heterocycles. The Morgan fingerprint density at radius 1 is 1.08 bits per heavy atom. The van der Waals surface area contributed by atoms with Crippen LogP contribution in [0.2, 0.25) is 10.0 Å². The van der Waals surface area contributed by atoms with Crippen LogP contribution in [0.1, 0.15) is 30.0 Å². The average Bonchev–Trinajstić information content (AvgIpc) is 3.57. The highest BCUT2D eigenvalue weighted by molar-refractivity contribution is 6.39. The maximum absolute atomic E-state index is 12.9. The van der Waals surface area contributed by atoms with Crippen molar-refractivity contribution in [1.29, 1.82) is 0 Å². The zero-order valence-electron chi connectivity index (χ0n) is 28.9. The van der Waals surface area contributed by atoms with Gasteiger partial charge in [0.2, 0.25) is 5.88 Å². The fraction of sp³-hybridized carbons (Fsp3) is 0.324. The van der Waals surface area contributed by atoms with Crippen molar-refractivity contribution in [3.05, 3.63) is 92.5 Å². The number of nitrogens with zero attached hydrogens (tertiary/aromatic N) is 6. The van der Waals surface area contributed by atoms with Crippen molar-refractivity contribution < 1.29 is 14.6 Å². The maximum atomic E-state index is 12.9. The lowest BCUT2D eigenvalue weighted by atomic mass is 9.99. The summed E-state index contributed by atoms with van der Waals surface area (Å²) >= 11 is 14.2. The van der Waals surface area contributed by atoms with Gasteiger partial charge >= 0.3 is 6.03 Å². The number of amides is 2. The molecule has 3 aromatic heterocycles. The van der Waals surface area contributed by atoms with E-state index in [1.54, 1.807) is 44.6 Å². The van der Waals surface area contributed by atoms with Gasteiger partial charge in [-0.25, -0.2) is 19.4 Å². The van der Waals surface area contributed by atoms with Gasteiger partial charge in [-0.3, -0.25) is 9.69 Å². The first-order chi connectivity index (χ1) is 24.7. The Bertz CT molecular complexity index is 2140. The average molecular weight is 732 g/mol. The predicted octanol–water partition coefficient (Wildman–Crippen LogP) is 6.06. The number of aryl methyl sites for hydroxylation is 2. The number of ether oxygens (including phenoxy) is 1. The lowest BCUT2D eigenvalue weighted by Crippen LogP contribution is -2.41. The number of urea groups is 1. The van der Waals surface area contributed by atoms with Gasteiger partial charge in [-0.05, 0) is 50.1 Å². The third-order valence-electron chi connectivity index (χ3n) is 9.34. The Hall–Kier alpha value is -4.75. The number of nitrogens with one attached hydrogen (secondary N) is 2. The van der Waals surface area contributed by atoms with Crippen molar-refractivity contribution in [2.24, 2.45) is 7.05 Å². The summed E-state index contributed by atoms with van der Waals surface area (Å²) in [6, 6.07) is 15.1. The van der Waals surface area contributed by atoms with E-state index in [9.17, 15) is 14.7 Å².